The Hall–Kier alpha value is -0.830. The standard InChI is InChI=1S/C13H16Br2N2O4.ClH/c1-2-21-12(19)5-10(17-11(18)6-16)8-3-7(14)4-9(15)13(8)20;/h3-4,10,20H,2,5-6,16H2,1H3,(H,17,18);1H/t10-;/m0./s1. The fraction of sp³-hybridized carbons (Fsp3) is 0.385. The van der Waals surface area contributed by atoms with Crippen LogP contribution in [0.2, 0.25) is 0 Å². The van der Waals surface area contributed by atoms with Gasteiger partial charge in [-0.05, 0) is 35.0 Å². The van der Waals surface area contributed by atoms with E-state index in [4.69, 9.17) is 10.5 Å². The van der Waals surface area contributed by atoms with Gasteiger partial charge in [0.25, 0.3) is 0 Å². The topological polar surface area (TPSA) is 102 Å². The molecule has 1 aromatic rings. The summed E-state index contributed by atoms with van der Waals surface area (Å²) >= 11 is 6.51. The summed E-state index contributed by atoms with van der Waals surface area (Å²) in [6.07, 6.45) is -0.101. The highest BCUT2D eigenvalue weighted by atomic mass is 79.9. The summed E-state index contributed by atoms with van der Waals surface area (Å²) in [5.41, 5.74) is 5.67. The fourth-order valence-corrected chi connectivity index (χ4v) is 2.99. The minimum absolute atomic E-state index is 0. The van der Waals surface area contributed by atoms with Gasteiger partial charge >= 0.3 is 5.97 Å². The van der Waals surface area contributed by atoms with Crippen LogP contribution in [0.15, 0.2) is 21.1 Å². The van der Waals surface area contributed by atoms with E-state index in [9.17, 15) is 14.7 Å². The maximum Gasteiger partial charge on any atom is 0.308 e. The molecule has 4 N–H and O–H groups in total. The highest BCUT2D eigenvalue weighted by Crippen LogP contribution is 2.36. The van der Waals surface area contributed by atoms with E-state index >= 15 is 0 Å². The average Bonchev–Trinajstić information content (AvgIpc) is 2.42. The third kappa shape index (κ3) is 6.12. The van der Waals surface area contributed by atoms with Crippen LogP contribution in [0.5, 0.6) is 5.75 Å². The van der Waals surface area contributed by atoms with E-state index in [-0.39, 0.29) is 37.7 Å². The lowest BCUT2D eigenvalue weighted by Crippen LogP contribution is -2.35. The highest BCUT2D eigenvalue weighted by molar-refractivity contribution is 9.11. The van der Waals surface area contributed by atoms with Crippen LogP contribution in [-0.4, -0.2) is 30.1 Å². The first-order valence-electron chi connectivity index (χ1n) is 6.22. The largest absolute Gasteiger partial charge is 0.506 e. The first-order chi connectivity index (χ1) is 9.88. The summed E-state index contributed by atoms with van der Waals surface area (Å²) in [4.78, 5) is 23.2. The molecule has 0 fully saturated rings. The number of hydrogen-bond acceptors (Lipinski definition) is 5. The maximum absolute atomic E-state index is 11.7. The monoisotopic (exact) mass is 458 g/mol. The molecule has 0 spiro atoms. The summed E-state index contributed by atoms with van der Waals surface area (Å²) in [5, 5.41) is 12.7. The zero-order valence-electron chi connectivity index (χ0n) is 11.8. The van der Waals surface area contributed by atoms with Crippen molar-refractivity contribution in [3.63, 3.8) is 0 Å². The first-order valence-corrected chi connectivity index (χ1v) is 7.80. The van der Waals surface area contributed by atoms with Crippen molar-refractivity contribution in [3.05, 3.63) is 26.6 Å². The molecule has 6 nitrogen and oxygen atoms in total. The number of halogens is 3. The number of amides is 1. The van der Waals surface area contributed by atoms with Crippen LogP contribution in [0.1, 0.15) is 24.9 Å². The predicted molar refractivity (Wildman–Crippen MR) is 91.9 cm³/mol. The number of rotatable bonds is 6. The molecule has 124 valence electrons. The van der Waals surface area contributed by atoms with E-state index in [1.54, 1.807) is 19.1 Å². The lowest BCUT2D eigenvalue weighted by molar-refractivity contribution is -0.143. The molecule has 0 saturated heterocycles. The molecule has 0 aliphatic carbocycles. The van der Waals surface area contributed by atoms with Gasteiger partial charge in [-0.15, -0.1) is 12.4 Å². The molecular weight excluding hydrogens is 443 g/mol. The van der Waals surface area contributed by atoms with Gasteiger partial charge in [-0.25, -0.2) is 0 Å². The lowest BCUT2D eigenvalue weighted by atomic mass is 10.0. The number of carbonyl (C=O) groups excluding carboxylic acids is 2. The number of esters is 1. The number of carbonyl (C=O) groups is 2. The summed E-state index contributed by atoms with van der Waals surface area (Å²) in [6.45, 7) is 1.72. The van der Waals surface area contributed by atoms with Crippen molar-refractivity contribution in [2.45, 2.75) is 19.4 Å². The predicted octanol–water partition coefficient (Wildman–Crippen LogP) is 2.41. The van der Waals surface area contributed by atoms with E-state index < -0.39 is 17.9 Å². The zero-order chi connectivity index (χ0) is 16.0. The zero-order valence-corrected chi connectivity index (χ0v) is 15.8. The second-order valence-corrected chi connectivity index (χ2v) is 5.93. The Balaban J connectivity index is 0.00000441. The van der Waals surface area contributed by atoms with Crippen LogP contribution in [0.4, 0.5) is 0 Å². The van der Waals surface area contributed by atoms with Crippen molar-refractivity contribution in [1.82, 2.24) is 5.32 Å². The quantitative estimate of drug-likeness (QED) is 0.566. The fourth-order valence-electron chi connectivity index (χ4n) is 1.73. The minimum Gasteiger partial charge on any atom is -0.506 e. The third-order valence-corrected chi connectivity index (χ3v) is 3.69. The van der Waals surface area contributed by atoms with Crippen molar-refractivity contribution >= 4 is 56.1 Å². The maximum atomic E-state index is 11.7. The Morgan fingerprint density at radius 2 is 2.05 bits per heavy atom. The van der Waals surface area contributed by atoms with Crippen LogP contribution in [-0.2, 0) is 14.3 Å². The van der Waals surface area contributed by atoms with Crippen LogP contribution >= 0.6 is 44.3 Å². The Labute approximate surface area is 151 Å². The van der Waals surface area contributed by atoms with Crippen LogP contribution in [0, 0.1) is 0 Å². The van der Waals surface area contributed by atoms with Crippen molar-refractivity contribution in [1.29, 1.82) is 0 Å². The van der Waals surface area contributed by atoms with E-state index in [2.05, 4.69) is 37.2 Å². The van der Waals surface area contributed by atoms with Gasteiger partial charge < -0.3 is 20.9 Å². The van der Waals surface area contributed by atoms with Crippen LogP contribution in [0.25, 0.3) is 0 Å². The van der Waals surface area contributed by atoms with E-state index in [0.717, 1.165) is 0 Å². The molecule has 22 heavy (non-hydrogen) atoms. The molecule has 0 saturated carbocycles. The molecule has 9 heteroatoms. The molecule has 0 bridgehead atoms. The van der Waals surface area contributed by atoms with Crippen molar-refractivity contribution < 1.29 is 19.4 Å². The number of ether oxygens (including phenoxy) is 1. The molecule has 1 aromatic carbocycles. The molecule has 1 amide bonds. The normalized spacial score (nSPS) is 11.3. The Bertz CT molecular complexity index is 543. The molecule has 0 radical (unpaired) electrons. The molecule has 1 atom stereocenters. The SMILES string of the molecule is CCOC(=O)C[C@H](NC(=O)CN)c1cc(Br)cc(Br)c1O.Cl. The second kappa shape index (κ2) is 10.0. The lowest BCUT2D eigenvalue weighted by Gasteiger charge is -2.20. The molecule has 0 aliphatic heterocycles. The summed E-state index contributed by atoms with van der Waals surface area (Å²) in [5.74, 6) is -0.958. The van der Waals surface area contributed by atoms with Gasteiger partial charge in [0, 0.05) is 10.0 Å². The number of nitrogens with two attached hydrogens (primary N) is 1. The number of phenols is 1. The van der Waals surface area contributed by atoms with Gasteiger partial charge in [-0.3, -0.25) is 9.59 Å². The number of nitrogens with one attached hydrogen (secondary N) is 1. The molecule has 0 heterocycles. The van der Waals surface area contributed by atoms with Gasteiger partial charge in [-0.1, -0.05) is 15.9 Å². The number of benzene rings is 1. The van der Waals surface area contributed by atoms with E-state index in [1.807, 2.05) is 0 Å². The van der Waals surface area contributed by atoms with E-state index in [0.29, 0.717) is 14.5 Å². The van der Waals surface area contributed by atoms with E-state index in [1.165, 1.54) is 0 Å². The average molecular weight is 461 g/mol. The molecule has 0 aliphatic rings. The molecule has 0 aromatic heterocycles. The van der Waals surface area contributed by atoms with Gasteiger partial charge in [-0.2, -0.15) is 0 Å². The molecular formula is C13H17Br2ClN2O4. The first kappa shape index (κ1) is 21.2. The number of phenolic OH excluding ortho intramolecular Hbond substituents is 1. The number of hydrogen-bond donors (Lipinski definition) is 3. The van der Waals surface area contributed by atoms with Gasteiger partial charge in [0.05, 0.1) is 30.1 Å². The van der Waals surface area contributed by atoms with Gasteiger partial charge in [0.1, 0.15) is 5.75 Å². The molecule has 0 unspecified atom stereocenters. The third-order valence-electron chi connectivity index (χ3n) is 2.63. The summed E-state index contributed by atoms with van der Waals surface area (Å²) in [7, 11) is 0. The smallest absolute Gasteiger partial charge is 0.308 e. The minimum atomic E-state index is -0.728. The second-order valence-electron chi connectivity index (χ2n) is 4.16. The Morgan fingerprint density at radius 1 is 1.41 bits per heavy atom. The summed E-state index contributed by atoms with van der Waals surface area (Å²) < 4.78 is 6.02. The van der Waals surface area contributed by atoms with Crippen LogP contribution in [0.3, 0.4) is 0 Å². The van der Waals surface area contributed by atoms with Crippen molar-refractivity contribution in [2.24, 2.45) is 5.73 Å². The highest BCUT2D eigenvalue weighted by Gasteiger charge is 2.23. The van der Waals surface area contributed by atoms with Crippen molar-refractivity contribution in [2.75, 3.05) is 13.2 Å². The van der Waals surface area contributed by atoms with Crippen LogP contribution < -0.4 is 11.1 Å². The van der Waals surface area contributed by atoms with Gasteiger partial charge in [0.15, 0.2) is 0 Å². The Kier molecular flexibility index (Phi) is 9.66. The number of aromatic hydroxyl groups is 1. The Morgan fingerprint density at radius 3 is 2.59 bits per heavy atom. The summed E-state index contributed by atoms with van der Waals surface area (Å²) in [6, 6.07) is 2.56. The van der Waals surface area contributed by atoms with Gasteiger partial charge in [0.2, 0.25) is 5.91 Å². The van der Waals surface area contributed by atoms with Crippen molar-refractivity contribution in [3.8, 4) is 5.75 Å². The molecule has 1 rings (SSSR count).